The van der Waals surface area contributed by atoms with Crippen LogP contribution in [0.5, 0.6) is 0 Å². The minimum atomic E-state index is -0.0802. The number of carbonyl (C=O) groups is 2. The van der Waals surface area contributed by atoms with E-state index in [4.69, 9.17) is 0 Å². The Balaban J connectivity index is 2.02. The molecule has 86 valence electrons. The normalized spacial score (nSPS) is 15.9. The van der Waals surface area contributed by atoms with E-state index in [2.05, 4.69) is 10.3 Å². The monoisotopic (exact) mass is 239 g/mol. The van der Waals surface area contributed by atoms with E-state index in [0.29, 0.717) is 19.4 Å². The van der Waals surface area contributed by atoms with Gasteiger partial charge in [0.1, 0.15) is 0 Å². The van der Waals surface area contributed by atoms with Crippen molar-refractivity contribution in [3.05, 3.63) is 11.1 Å². The number of hydrogen-bond acceptors (Lipinski definition) is 5. The van der Waals surface area contributed by atoms with Gasteiger partial charge in [-0.2, -0.15) is 0 Å². The van der Waals surface area contributed by atoms with Gasteiger partial charge in [0.2, 0.25) is 11.8 Å². The molecule has 1 fully saturated rings. The lowest BCUT2D eigenvalue weighted by molar-refractivity contribution is -0.138. The first-order chi connectivity index (χ1) is 7.70. The van der Waals surface area contributed by atoms with Gasteiger partial charge < -0.3 is 5.32 Å². The van der Waals surface area contributed by atoms with Gasteiger partial charge in [-0.15, -0.1) is 11.3 Å². The summed E-state index contributed by atoms with van der Waals surface area (Å²) in [7, 11) is 0. The molecule has 1 aromatic heterocycles. The maximum absolute atomic E-state index is 11.4. The largest absolute Gasteiger partial charge is 0.362 e. The van der Waals surface area contributed by atoms with Crippen molar-refractivity contribution in [3.63, 3.8) is 0 Å². The van der Waals surface area contributed by atoms with Gasteiger partial charge in [-0.1, -0.05) is 0 Å². The standard InChI is InChI=1S/C10H13N3O2S/c1-2-11-10-12-5-7(16-10)6-13-8(14)3-4-9(13)15/h5H,2-4,6H2,1H3,(H,11,12). The topological polar surface area (TPSA) is 62.3 Å². The van der Waals surface area contributed by atoms with Crippen LogP contribution in [-0.4, -0.2) is 28.2 Å². The van der Waals surface area contributed by atoms with Crippen molar-refractivity contribution in [2.45, 2.75) is 26.3 Å². The van der Waals surface area contributed by atoms with Crippen LogP contribution in [0.15, 0.2) is 6.20 Å². The molecule has 0 aliphatic carbocycles. The number of hydrogen-bond donors (Lipinski definition) is 1. The number of rotatable bonds is 4. The molecular formula is C10H13N3O2S. The Morgan fingerprint density at radius 3 is 2.75 bits per heavy atom. The summed E-state index contributed by atoms with van der Waals surface area (Å²) in [5.74, 6) is -0.160. The Labute approximate surface area is 97.5 Å². The molecule has 0 radical (unpaired) electrons. The molecular weight excluding hydrogens is 226 g/mol. The predicted molar refractivity (Wildman–Crippen MR) is 61.1 cm³/mol. The molecule has 1 aromatic rings. The summed E-state index contributed by atoms with van der Waals surface area (Å²) in [6.07, 6.45) is 2.40. The average molecular weight is 239 g/mol. The Morgan fingerprint density at radius 1 is 1.44 bits per heavy atom. The van der Waals surface area contributed by atoms with Crippen LogP contribution < -0.4 is 5.32 Å². The van der Waals surface area contributed by atoms with Crippen LogP contribution in [0.1, 0.15) is 24.6 Å². The second kappa shape index (κ2) is 4.61. The highest BCUT2D eigenvalue weighted by atomic mass is 32.1. The minimum absolute atomic E-state index is 0.0802. The molecule has 1 aliphatic heterocycles. The van der Waals surface area contributed by atoms with Crippen LogP contribution in [0.25, 0.3) is 0 Å². The average Bonchev–Trinajstić information content (AvgIpc) is 2.81. The third-order valence-corrected chi connectivity index (χ3v) is 3.29. The van der Waals surface area contributed by atoms with E-state index >= 15 is 0 Å². The number of thiazole rings is 1. The lowest BCUT2D eigenvalue weighted by atomic mass is 10.4. The summed E-state index contributed by atoms with van der Waals surface area (Å²) in [5.41, 5.74) is 0. The fraction of sp³-hybridized carbons (Fsp3) is 0.500. The summed E-state index contributed by atoms with van der Waals surface area (Å²) in [4.78, 5) is 29.2. The quantitative estimate of drug-likeness (QED) is 0.803. The van der Waals surface area contributed by atoms with Gasteiger partial charge in [0.05, 0.1) is 6.54 Å². The van der Waals surface area contributed by atoms with Crippen molar-refractivity contribution < 1.29 is 9.59 Å². The summed E-state index contributed by atoms with van der Waals surface area (Å²) >= 11 is 1.48. The smallest absolute Gasteiger partial charge is 0.230 e. The summed E-state index contributed by atoms with van der Waals surface area (Å²) in [5, 5.41) is 3.92. The molecule has 2 amide bonds. The van der Waals surface area contributed by atoms with Gasteiger partial charge in [-0.3, -0.25) is 14.5 Å². The first-order valence-corrected chi connectivity index (χ1v) is 6.04. The van der Waals surface area contributed by atoms with E-state index in [1.807, 2.05) is 6.92 Å². The molecule has 0 aromatic carbocycles. The van der Waals surface area contributed by atoms with Crippen LogP contribution in [0.3, 0.4) is 0 Å². The lowest BCUT2D eigenvalue weighted by Crippen LogP contribution is -2.27. The van der Waals surface area contributed by atoms with Crippen molar-refractivity contribution >= 4 is 28.3 Å². The molecule has 0 bridgehead atoms. The fourth-order valence-electron chi connectivity index (χ4n) is 1.57. The first kappa shape index (κ1) is 11.1. The van der Waals surface area contributed by atoms with E-state index in [0.717, 1.165) is 16.6 Å². The van der Waals surface area contributed by atoms with Crippen LogP contribution in [0.4, 0.5) is 5.13 Å². The third-order valence-electron chi connectivity index (χ3n) is 2.35. The predicted octanol–water partition coefficient (Wildman–Crippen LogP) is 1.22. The summed E-state index contributed by atoms with van der Waals surface area (Å²) < 4.78 is 0. The Hall–Kier alpha value is -1.43. The van der Waals surface area contributed by atoms with E-state index in [1.54, 1.807) is 6.20 Å². The second-order valence-electron chi connectivity index (χ2n) is 3.54. The molecule has 1 aliphatic rings. The van der Waals surface area contributed by atoms with Gasteiger partial charge in [0.15, 0.2) is 5.13 Å². The highest BCUT2D eigenvalue weighted by Gasteiger charge is 2.29. The SMILES string of the molecule is CCNc1ncc(CN2C(=O)CCC2=O)s1. The molecule has 0 spiro atoms. The van der Waals surface area contributed by atoms with E-state index in [-0.39, 0.29) is 11.8 Å². The van der Waals surface area contributed by atoms with Gasteiger partial charge in [0, 0.05) is 30.5 Å². The molecule has 2 heterocycles. The molecule has 2 rings (SSSR count). The highest BCUT2D eigenvalue weighted by molar-refractivity contribution is 7.15. The molecule has 0 atom stereocenters. The molecule has 5 nitrogen and oxygen atoms in total. The van der Waals surface area contributed by atoms with E-state index < -0.39 is 0 Å². The molecule has 0 unspecified atom stereocenters. The molecule has 16 heavy (non-hydrogen) atoms. The first-order valence-electron chi connectivity index (χ1n) is 5.22. The third kappa shape index (κ3) is 2.21. The van der Waals surface area contributed by atoms with Crippen molar-refractivity contribution in [1.29, 1.82) is 0 Å². The maximum Gasteiger partial charge on any atom is 0.230 e. The van der Waals surface area contributed by atoms with E-state index in [1.165, 1.54) is 16.2 Å². The van der Waals surface area contributed by atoms with Gasteiger partial charge in [-0.05, 0) is 6.92 Å². The number of imide groups is 1. The molecule has 1 saturated heterocycles. The van der Waals surface area contributed by atoms with Crippen LogP contribution in [0.2, 0.25) is 0 Å². The number of likely N-dealkylation sites (tertiary alicyclic amines) is 1. The lowest BCUT2D eigenvalue weighted by Gasteiger charge is -2.11. The van der Waals surface area contributed by atoms with Crippen LogP contribution >= 0.6 is 11.3 Å². The zero-order valence-corrected chi connectivity index (χ0v) is 9.84. The van der Waals surface area contributed by atoms with Crippen molar-refractivity contribution in [2.24, 2.45) is 0 Å². The number of nitrogens with one attached hydrogen (secondary N) is 1. The van der Waals surface area contributed by atoms with Crippen molar-refractivity contribution in [3.8, 4) is 0 Å². The number of nitrogens with zero attached hydrogens (tertiary/aromatic N) is 2. The molecule has 6 heteroatoms. The van der Waals surface area contributed by atoms with Gasteiger partial charge in [-0.25, -0.2) is 4.98 Å². The number of carbonyl (C=O) groups excluding carboxylic acids is 2. The van der Waals surface area contributed by atoms with Gasteiger partial charge in [0.25, 0.3) is 0 Å². The summed E-state index contributed by atoms with van der Waals surface area (Å²) in [6.45, 7) is 3.17. The minimum Gasteiger partial charge on any atom is -0.362 e. The highest BCUT2D eigenvalue weighted by Crippen LogP contribution is 2.22. The molecule has 0 saturated carbocycles. The van der Waals surface area contributed by atoms with Crippen LogP contribution in [-0.2, 0) is 16.1 Å². The fourth-order valence-corrected chi connectivity index (χ4v) is 2.44. The van der Waals surface area contributed by atoms with Crippen molar-refractivity contribution in [1.82, 2.24) is 9.88 Å². The Bertz CT molecular complexity index is 400. The number of anilines is 1. The number of aromatic nitrogens is 1. The van der Waals surface area contributed by atoms with Crippen molar-refractivity contribution in [2.75, 3.05) is 11.9 Å². The zero-order chi connectivity index (χ0) is 11.5. The summed E-state index contributed by atoms with van der Waals surface area (Å²) in [6, 6.07) is 0. The Morgan fingerprint density at radius 2 is 2.12 bits per heavy atom. The van der Waals surface area contributed by atoms with E-state index in [9.17, 15) is 9.59 Å². The maximum atomic E-state index is 11.4. The number of amides is 2. The van der Waals surface area contributed by atoms with Gasteiger partial charge >= 0.3 is 0 Å². The van der Waals surface area contributed by atoms with Crippen LogP contribution in [0, 0.1) is 0 Å². The second-order valence-corrected chi connectivity index (χ2v) is 4.65. The zero-order valence-electron chi connectivity index (χ0n) is 9.02. The Kier molecular flexibility index (Phi) is 3.19. The molecule has 1 N–H and O–H groups in total.